The molecule has 0 aliphatic carbocycles. The Morgan fingerprint density at radius 2 is 2.14 bits per heavy atom. The summed E-state index contributed by atoms with van der Waals surface area (Å²) in [4.78, 5) is 11.6. The van der Waals surface area contributed by atoms with E-state index in [4.69, 9.17) is 4.74 Å². The smallest absolute Gasteiger partial charge is 0.221 e. The Labute approximate surface area is 127 Å². The molecule has 1 rings (SSSR count). The highest BCUT2D eigenvalue weighted by Gasteiger charge is 2.04. The molecule has 0 unspecified atom stereocenters. The Morgan fingerprint density at radius 3 is 2.86 bits per heavy atom. The van der Waals surface area contributed by atoms with E-state index in [1.807, 2.05) is 24.3 Å². The van der Waals surface area contributed by atoms with Gasteiger partial charge in [-0.05, 0) is 12.0 Å². The Balaban J connectivity index is 2.29. The molecule has 0 fully saturated rings. The summed E-state index contributed by atoms with van der Waals surface area (Å²) in [5.74, 6) is 1.43. The van der Waals surface area contributed by atoms with Gasteiger partial charge in [0.1, 0.15) is 12.4 Å². The summed E-state index contributed by atoms with van der Waals surface area (Å²) in [5.41, 5.74) is 1.09. The van der Waals surface area contributed by atoms with Gasteiger partial charge >= 0.3 is 0 Å². The molecule has 1 aromatic rings. The third-order valence-corrected chi connectivity index (χ3v) is 2.88. The van der Waals surface area contributed by atoms with Crippen molar-refractivity contribution in [2.75, 3.05) is 19.7 Å². The molecule has 0 aliphatic rings. The molecule has 0 saturated carbocycles. The van der Waals surface area contributed by atoms with Crippen LogP contribution in [0.5, 0.6) is 5.75 Å². The zero-order chi connectivity index (χ0) is 15.5. The summed E-state index contributed by atoms with van der Waals surface area (Å²) in [6.45, 7) is 10.4. The van der Waals surface area contributed by atoms with E-state index < -0.39 is 0 Å². The normalized spacial score (nSPS) is 10.4. The predicted molar refractivity (Wildman–Crippen MR) is 86.3 cm³/mol. The number of ether oxygens (including phenoxy) is 1. The molecular formula is C17H26N2O2. The fraction of sp³-hybridized carbons (Fsp3) is 0.471. The van der Waals surface area contributed by atoms with Crippen molar-refractivity contribution in [3.63, 3.8) is 0 Å². The van der Waals surface area contributed by atoms with Crippen molar-refractivity contribution >= 4 is 5.91 Å². The quantitative estimate of drug-likeness (QED) is 0.514. The number of para-hydroxylation sites is 1. The van der Waals surface area contributed by atoms with E-state index in [9.17, 15) is 4.79 Å². The Hall–Kier alpha value is -1.81. The summed E-state index contributed by atoms with van der Waals surface area (Å²) in [6.07, 6.45) is 2.21. The molecule has 0 heterocycles. The number of hydrogen-bond acceptors (Lipinski definition) is 3. The molecule has 0 bridgehead atoms. The van der Waals surface area contributed by atoms with Crippen LogP contribution < -0.4 is 15.4 Å². The lowest BCUT2D eigenvalue weighted by Crippen LogP contribution is -2.30. The van der Waals surface area contributed by atoms with Crippen LogP contribution in [0.4, 0.5) is 0 Å². The van der Waals surface area contributed by atoms with Crippen molar-refractivity contribution in [2.45, 2.75) is 26.8 Å². The van der Waals surface area contributed by atoms with Crippen LogP contribution in [0.3, 0.4) is 0 Å². The van der Waals surface area contributed by atoms with Crippen molar-refractivity contribution in [3.05, 3.63) is 42.5 Å². The minimum absolute atomic E-state index is 0.0902. The number of benzene rings is 1. The number of amides is 1. The first-order valence-electron chi connectivity index (χ1n) is 7.42. The van der Waals surface area contributed by atoms with Crippen LogP contribution in [0.2, 0.25) is 0 Å². The fourth-order valence-electron chi connectivity index (χ4n) is 1.77. The van der Waals surface area contributed by atoms with E-state index in [0.29, 0.717) is 32.0 Å². The number of rotatable bonds is 10. The van der Waals surface area contributed by atoms with E-state index >= 15 is 0 Å². The van der Waals surface area contributed by atoms with Crippen LogP contribution in [-0.2, 0) is 11.3 Å². The molecule has 1 amide bonds. The molecule has 1 aromatic carbocycles. The standard InChI is InChI=1S/C17H26N2O2/c1-4-11-21-16-8-6-5-7-15(16)13-18-10-9-17(20)19-12-14(2)3/h4-8,14,18H,1,9-13H2,2-3H3,(H,19,20). The second kappa shape index (κ2) is 10.00. The Bertz CT molecular complexity index is 444. The maximum atomic E-state index is 11.6. The van der Waals surface area contributed by atoms with Crippen molar-refractivity contribution in [1.82, 2.24) is 10.6 Å². The topological polar surface area (TPSA) is 50.4 Å². The van der Waals surface area contributed by atoms with Crippen LogP contribution in [0.25, 0.3) is 0 Å². The molecule has 0 aliphatic heterocycles. The highest BCUT2D eigenvalue weighted by molar-refractivity contribution is 5.76. The lowest BCUT2D eigenvalue weighted by Gasteiger charge is -2.11. The van der Waals surface area contributed by atoms with Crippen molar-refractivity contribution in [3.8, 4) is 5.75 Å². The first-order chi connectivity index (χ1) is 10.1. The third-order valence-electron chi connectivity index (χ3n) is 2.88. The lowest BCUT2D eigenvalue weighted by atomic mass is 10.2. The van der Waals surface area contributed by atoms with Crippen LogP contribution in [0, 0.1) is 5.92 Å². The van der Waals surface area contributed by atoms with Crippen LogP contribution >= 0.6 is 0 Å². The van der Waals surface area contributed by atoms with E-state index in [1.54, 1.807) is 6.08 Å². The van der Waals surface area contributed by atoms with Crippen molar-refractivity contribution in [2.24, 2.45) is 5.92 Å². The summed E-state index contributed by atoms with van der Waals surface area (Å²) < 4.78 is 5.59. The highest BCUT2D eigenvalue weighted by Crippen LogP contribution is 2.17. The molecule has 0 spiro atoms. The summed E-state index contributed by atoms with van der Waals surface area (Å²) in [7, 11) is 0. The van der Waals surface area contributed by atoms with Gasteiger partial charge in [-0.3, -0.25) is 4.79 Å². The Morgan fingerprint density at radius 1 is 1.38 bits per heavy atom. The first-order valence-corrected chi connectivity index (χ1v) is 7.42. The second-order valence-electron chi connectivity index (χ2n) is 5.33. The van der Waals surface area contributed by atoms with Gasteiger partial charge in [0.05, 0.1) is 0 Å². The van der Waals surface area contributed by atoms with Gasteiger partial charge in [0.25, 0.3) is 0 Å². The zero-order valence-corrected chi connectivity index (χ0v) is 13.0. The average Bonchev–Trinajstić information content (AvgIpc) is 2.48. The van der Waals surface area contributed by atoms with Gasteiger partial charge in [-0.25, -0.2) is 0 Å². The van der Waals surface area contributed by atoms with Gasteiger partial charge in [-0.1, -0.05) is 44.7 Å². The van der Waals surface area contributed by atoms with Gasteiger partial charge in [-0.15, -0.1) is 0 Å². The SMILES string of the molecule is C=CCOc1ccccc1CNCCC(=O)NCC(C)C. The van der Waals surface area contributed by atoms with Crippen LogP contribution in [-0.4, -0.2) is 25.6 Å². The maximum Gasteiger partial charge on any atom is 0.221 e. The van der Waals surface area contributed by atoms with Gasteiger partial charge in [0.2, 0.25) is 5.91 Å². The van der Waals surface area contributed by atoms with E-state index in [0.717, 1.165) is 17.9 Å². The molecule has 21 heavy (non-hydrogen) atoms. The molecule has 0 aromatic heterocycles. The third kappa shape index (κ3) is 7.51. The monoisotopic (exact) mass is 290 g/mol. The summed E-state index contributed by atoms with van der Waals surface area (Å²) >= 11 is 0. The summed E-state index contributed by atoms with van der Waals surface area (Å²) in [5, 5.41) is 6.18. The molecule has 4 nitrogen and oxygen atoms in total. The number of hydrogen-bond donors (Lipinski definition) is 2. The van der Waals surface area contributed by atoms with Gasteiger partial charge in [0, 0.05) is 31.6 Å². The fourth-order valence-corrected chi connectivity index (χ4v) is 1.77. The predicted octanol–water partition coefficient (Wildman–Crippen LogP) is 2.50. The molecule has 4 heteroatoms. The average molecular weight is 290 g/mol. The lowest BCUT2D eigenvalue weighted by molar-refractivity contribution is -0.121. The summed E-state index contributed by atoms with van der Waals surface area (Å²) in [6, 6.07) is 7.88. The van der Waals surface area contributed by atoms with Crippen molar-refractivity contribution in [1.29, 1.82) is 0 Å². The van der Waals surface area contributed by atoms with Crippen molar-refractivity contribution < 1.29 is 9.53 Å². The molecule has 0 saturated heterocycles. The maximum absolute atomic E-state index is 11.6. The second-order valence-corrected chi connectivity index (χ2v) is 5.33. The van der Waals surface area contributed by atoms with Gasteiger partial charge < -0.3 is 15.4 Å². The molecule has 0 atom stereocenters. The van der Waals surface area contributed by atoms with E-state index in [-0.39, 0.29) is 5.91 Å². The Kier molecular flexibility index (Phi) is 8.21. The first kappa shape index (κ1) is 17.2. The minimum Gasteiger partial charge on any atom is -0.489 e. The number of carbonyl (C=O) groups excluding carboxylic acids is 1. The van der Waals surface area contributed by atoms with Gasteiger partial charge in [-0.2, -0.15) is 0 Å². The number of carbonyl (C=O) groups is 1. The van der Waals surface area contributed by atoms with E-state index in [1.165, 1.54) is 0 Å². The highest BCUT2D eigenvalue weighted by atomic mass is 16.5. The minimum atomic E-state index is 0.0902. The number of nitrogens with one attached hydrogen (secondary N) is 2. The molecular weight excluding hydrogens is 264 g/mol. The van der Waals surface area contributed by atoms with Gasteiger partial charge in [0.15, 0.2) is 0 Å². The van der Waals surface area contributed by atoms with E-state index in [2.05, 4.69) is 31.1 Å². The van der Waals surface area contributed by atoms with Crippen LogP contribution in [0.15, 0.2) is 36.9 Å². The zero-order valence-electron chi connectivity index (χ0n) is 13.0. The van der Waals surface area contributed by atoms with Crippen LogP contribution in [0.1, 0.15) is 25.8 Å². The molecule has 2 N–H and O–H groups in total. The largest absolute Gasteiger partial charge is 0.489 e. The molecule has 0 radical (unpaired) electrons. The molecule has 116 valence electrons.